The maximum Gasteiger partial charge on any atom is 0.187 e. The molecule has 2 heterocycles. The van der Waals surface area contributed by atoms with Crippen LogP contribution in [0.2, 0.25) is 0 Å². The summed E-state index contributed by atoms with van der Waals surface area (Å²) < 4.78 is 25.1. The van der Waals surface area contributed by atoms with Crippen molar-refractivity contribution in [3.8, 4) is 22.8 Å². The Morgan fingerprint density at radius 3 is 2.56 bits per heavy atom. The van der Waals surface area contributed by atoms with Crippen LogP contribution in [0.3, 0.4) is 0 Å². The lowest BCUT2D eigenvalue weighted by molar-refractivity contribution is 0.375. The topological polar surface area (TPSA) is 69.2 Å². The molecule has 1 aromatic carbocycles. The van der Waals surface area contributed by atoms with E-state index in [1.54, 1.807) is 25.4 Å². The SMILES string of the molecule is CNc1nc(-c2cc(OC)cc(OC)c2F)cc2cnc(SC)nc12. The van der Waals surface area contributed by atoms with Crippen molar-refractivity contribution < 1.29 is 13.9 Å². The van der Waals surface area contributed by atoms with Gasteiger partial charge in [-0.05, 0) is 18.4 Å². The van der Waals surface area contributed by atoms with Gasteiger partial charge in [-0.25, -0.2) is 19.3 Å². The van der Waals surface area contributed by atoms with Crippen molar-refractivity contribution in [1.82, 2.24) is 15.0 Å². The summed E-state index contributed by atoms with van der Waals surface area (Å²) in [6, 6.07) is 4.83. The smallest absolute Gasteiger partial charge is 0.187 e. The monoisotopic (exact) mass is 360 g/mol. The number of nitrogens with zero attached hydrogens (tertiary/aromatic N) is 3. The number of methoxy groups -OCH3 is 2. The Hall–Kier alpha value is -2.61. The molecule has 0 amide bonds. The van der Waals surface area contributed by atoms with E-state index in [0.717, 1.165) is 5.39 Å². The van der Waals surface area contributed by atoms with E-state index < -0.39 is 5.82 Å². The van der Waals surface area contributed by atoms with Crippen molar-refractivity contribution in [1.29, 1.82) is 0 Å². The molecule has 0 fully saturated rings. The van der Waals surface area contributed by atoms with Gasteiger partial charge in [0.15, 0.2) is 22.5 Å². The van der Waals surface area contributed by atoms with Crippen molar-refractivity contribution >= 4 is 28.5 Å². The molecule has 0 radical (unpaired) electrons. The number of aromatic nitrogens is 3. The number of hydrogen-bond donors (Lipinski definition) is 1. The van der Waals surface area contributed by atoms with Gasteiger partial charge in [-0.1, -0.05) is 11.8 Å². The number of rotatable bonds is 5. The van der Waals surface area contributed by atoms with Gasteiger partial charge in [0.1, 0.15) is 11.3 Å². The zero-order valence-corrected chi connectivity index (χ0v) is 15.1. The summed E-state index contributed by atoms with van der Waals surface area (Å²) in [7, 11) is 4.67. The molecule has 0 spiro atoms. The molecule has 8 heteroatoms. The molecule has 1 N–H and O–H groups in total. The molecule has 0 aliphatic heterocycles. The molecular formula is C17H17FN4O2S. The van der Waals surface area contributed by atoms with Crippen LogP contribution >= 0.6 is 11.8 Å². The Labute approximate surface area is 148 Å². The van der Waals surface area contributed by atoms with Crippen LogP contribution in [0.5, 0.6) is 11.5 Å². The zero-order valence-electron chi connectivity index (χ0n) is 14.3. The number of anilines is 1. The molecule has 2 aromatic heterocycles. The first-order valence-electron chi connectivity index (χ1n) is 7.42. The molecule has 0 aliphatic carbocycles. The van der Waals surface area contributed by atoms with E-state index in [-0.39, 0.29) is 11.3 Å². The second kappa shape index (κ2) is 7.10. The number of nitrogens with one attached hydrogen (secondary N) is 1. The molecule has 3 aromatic rings. The van der Waals surface area contributed by atoms with Crippen LogP contribution < -0.4 is 14.8 Å². The van der Waals surface area contributed by atoms with Crippen molar-refractivity contribution in [2.75, 3.05) is 32.8 Å². The summed E-state index contributed by atoms with van der Waals surface area (Å²) in [6.07, 6.45) is 3.61. The number of benzene rings is 1. The first-order chi connectivity index (χ1) is 12.1. The summed E-state index contributed by atoms with van der Waals surface area (Å²) in [5, 5.41) is 4.42. The minimum Gasteiger partial charge on any atom is -0.497 e. The summed E-state index contributed by atoms with van der Waals surface area (Å²) in [5.41, 5.74) is 1.40. The van der Waals surface area contributed by atoms with Crippen molar-refractivity contribution in [2.24, 2.45) is 0 Å². The second-order valence-electron chi connectivity index (χ2n) is 5.09. The largest absolute Gasteiger partial charge is 0.497 e. The summed E-state index contributed by atoms with van der Waals surface area (Å²) >= 11 is 1.44. The molecule has 6 nitrogen and oxygen atoms in total. The van der Waals surface area contributed by atoms with Crippen LogP contribution in [0.1, 0.15) is 0 Å². The molecular weight excluding hydrogens is 343 g/mol. The van der Waals surface area contributed by atoms with E-state index in [1.807, 2.05) is 6.26 Å². The third kappa shape index (κ3) is 3.17. The standard InChI is InChI=1S/C17H17FN4O2S/c1-19-16-15-9(8-20-17(22-15)25-4)5-12(21-16)11-6-10(23-2)7-13(24-3)14(11)18/h5-8H,1-4H3,(H,19,21). The maximum atomic E-state index is 14.8. The molecule has 3 rings (SSSR count). The highest BCUT2D eigenvalue weighted by Gasteiger charge is 2.17. The normalized spacial score (nSPS) is 10.8. The maximum absolute atomic E-state index is 14.8. The van der Waals surface area contributed by atoms with Crippen LogP contribution in [0, 0.1) is 5.82 Å². The number of ether oxygens (including phenoxy) is 2. The molecule has 0 saturated heterocycles. The Morgan fingerprint density at radius 1 is 1.12 bits per heavy atom. The lowest BCUT2D eigenvalue weighted by Gasteiger charge is -2.12. The van der Waals surface area contributed by atoms with E-state index >= 15 is 0 Å². The minimum absolute atomic E-state index is 0.0937. The van der Waals surface area contributed by atoms with E-state index in [9.17, 15) is 4.39 Å². The average Bonchev–Trinajstić information content (AvgIpc) is 2.66. The summed E-state index contributed by atoms with van der Waals surface area (Å²) in [6.45, 7) is 0. The van der Waals surface area contributed by atoms with Crippen LogP contribution in [0.25, 0.3) is 22.2 Å². The van der Waals surface area contributed by atoms with Crippen molar-refractivity contribution in [3.05, 3.63) is 30.2 Å². The van der Waals surface area contributed by atoms with Crippen LogP contribution in [-0.2, 0) is 0 Å². The summed E-state index contributed by atoms with van der Waals surface area (Å²) in [4.78, 5) is 13.3. The van der Waals surface area contributed by atoms with Gasteiger partial charge in [-0.2, -0.15) is 0 Å². The van der Waals surface area contributed by atoms with Crippen LogP contribution in [-0.4, -0.2) is 42.5 Å². The Bertz CT molecular complexity index is 936. The van der Waals surface area contributed by atoms with Crippen LogP contribution in [0.15, 0.2) is 29.6 Å². The first kappa shape index (κ1) is 17.2. The van der Waals surface area contributed by atoms with Crippen molar-refractivity contribution in [2.45, 2.75) is 5.16 Å². The van der Waals surface area contributed by atoms with E-state index in [4.69, 9.17) is 9.47 Å². The highest BCUT2D eigenvalue weighted by atomic mass is 32.2. The third-order valence-electron chi connectivity index (χ3n) is 3.71. The third-order valence-corrected chi connectivity index (χ3v) is 4.27. The minimum atomic E-state index is -0.501. The molecule has 130 valence electrons. The summed E-state index contributed by atoms with van der Waals surface area (Å²) in [5.74, 6) is 0.622. The van der Waals surface area contributed by atoms with Gasteiger partial charge in [0.25, 0.3) is 0 Å². The quantitative estimate of drug-likeness (QED) is 0.550. The van der Waals surface area contributed by atoms with E-state index in [0.29, 0.717) is 27.9 Å². The number of pyridine rings is 1. The highest BCUT2D eigenvalue weighted by Crippen LogP contribution is 2.35. The second-order valence-corrected chi connectivity index (χ2v) is 5.87. The highest BCUT2D eigenvalue weighted by molar-refractivity contribution is 7.98. The van der Waals surface area contributed by atoms with E-state index in [2.05, 4.69) is 20.3 Å². The predicted molar refractivity (Wildman–Crippen MR) is 97.2 cm³/mol. The number of thioether (sulfide) groups is 1. The molecule has 0 unspecified atom stereocenters. The Kier molecular flexibility index (Phi) is 4.89. The lowest BCUT2D eigenvalue weighted by Crippen LogP contribution is -2.01. The van der Waals surface area contributed by atoms with Gasteiger partial charge in [-0.3, -0.25) is 0 Å². The number of fused-ring (bicyclic) bond motifs is 1. The number of halogens is 1. The van der Waals surface area contributed by atoms with Crippen LogP contribution in [0.4, 0.5) is 10.2 Å². The fourth-order valence-corrected chi connectivity index (χ4v) is 2.80. The van der Waals surface area contributed by atoms with Gasteiger partial charge in [0.05, 0.1) is 19.9 Å². The Balaban J connectivity index is 2.26. The van der Waals surface area contributed by atoms with Crippen molar-refractivity contribution in [3.63, 3.8) is 0 Å². The van der Waals surface area contributed by atoms with Gasteiger partial charge in [0.2, 0.25) is 0 Å². The molecule has 0 bridgehead atoms. The van der Waals surface area contributed by atoms with Gasteiger partial charge in [-0.15, -0.1) is 0 Å². The van der Waals surface area contributed by atoms with E-state index in [1.165, 1.54) is 32.0 Å². The molecule has 0 atom stereocenters. The lowest BCUT2D eigenvalue weighted by atomic mass is 10.1. The first-order valence-corrected chi connectivity index (χ1v) is 8.65. The predicted octanol–water partition coefficient (Wildman–Crippen LogP) is 3.61. The fourth-order valence-electron chi connectivity index (χ4n) is 2.46. The van der Waals surface area contributed by atoms with Gasteiger partial charge < -0.3 is 14.8 Å². The number of hydrogen-bond acceptors (Lipinski definition) is 7. The zero-order chi connectivity index (χ0) is 18.0. The molecule has 25 heavy (non-hydrogen) atoms. The van der Waals surface area contributed by atoms with Gasteiger partial charge in [0, 0.05) is 30.3 Å². The Morgan fingerprint density at radius 2 is 1.92 bits per heavy atom. The molecule has 0 saturated carbocycles. The average molecular weight is 360 g/mol. The molecule has 0 aliphatic rings. The van der Waals surface area contributed by atoms with Gasteiger partial charge >= 0.3 is 0 Å². The fraction of sp³-hybridized carbons (Fsp3) is 0.235.